The van der Waals surface area contributed by atoms with Crippen molar-refractivity contribution < 1.29 is 22.7 Å². The van der Waals surface area contributed by atoms with Crippen molar-refractivity contribution in [2.45, 2.75) is 86.9 Å². The summed E-state index contributed by atoms with van der Waals surface area (Å²) < 4.78 is 38.6. The second-order valence-corrected chi connectivity index (χ2v) is 16.8. The van der Waals surface area contributed by atoms with Gasteiger partial charge in [0, 0.05) is 62.0 Å². The number of carbonyl (C=O) groups is 2. The molecule has 12 heteroatoms. The molecular weight excluding hydrogens is 653 g/mol. The van der Waals surface area contributed by atoms with Crippen molar-refractivity contribution in [1.29, 1.82) is 0 Å². The Bertz CT molecular complexity index is 2140. The minimum atomic E-state index is -4.18. The van der Waals surface area contributed by atoms with Crippen LogP contribution in [0.25, 0.3) is 10.9 Å². The summed E-state index contributed by atoms with van der Waals surface area (Å²) in [4.78, 5) is 37.3. The average molecular weight is 697 g/mol. The van der Waals surface area contributed by atoms with Crippen LogP contribution in [0.3, 0.4) is 0 Å². The van der Waals surface area contributed by atoms with Gasteiger partial charge in [-0.15, -0.1) is 0 Å². The maximum absolute atomic E-state index is 14.9. The van der Waals surface area contributed by atoms with Gasteiger partial charge >= 0.3 is 0 Å². The van der Waals surface area contributed by atoms with Crippen molar-refractivity contribution >= 4 is 32.7 Å². The van der Waals surface area contributed by atoms with Gasteiger partial charge < -0.3 is 23.7 Å². The minimum Gasteiger partial charge on any atom is -0.496 e. The number of rotatable bonds is 6. The lowest BCUT2D eigenvalue weighted by molar-refractivity contribution is -0.141. The predicted octanol–water partition coefficient (Wildman–Crippen LogP) is 4.52. The maximum atomic E-state index is 14.9. The maximum Gasteiger partial charge on any atom is 0.283 e. The van der Waals surface area contributed by atoms with Crippen molar-refractivity contribution in [2.24, 2.45) is 13.0 Å². The quantitative estimate of drug-likeness (QED) is 0.403. The zero-order valence-corrected chi connectivity index (χ0v) is 29.7. The lowest BCUT2D eigenvalue weighted by Gasteiger charge is -2.43. The van der Waals surface area contributed by atoms with Gasteiger partial charge in [0.1, 0.15) is 5.75 Å². The summed E-state index contributed by atoms with van der Waals surface area (Å²) >= 11 is 0. The minimum absolute atomic E-state index is 0.183. The molecule has 1 N–H and O–H groups in total. The van der Waals surface area contributed by atoms with Crippen LogP contribution in [-0.2, 0) is 33.2 Å². The summed E-state index contributed by atoms with van der Waals surface area (Å²) in [5.41, 5.74) is 6.39. The van der Waals surface area contributed by atoms with E-state index in [4.69, 9.17) is 4.74 Å². The molecule has 11 nitrogen and oxygen atoms in total. The number of methoxy groups -OCH3 is 1. The number of imidazole rings is 1. The normalized spacial score (nSPS) is 26.5. The number of likely N-dealkylation sites (tertiary alicyclic amines) is 1. The Morgan fingerprint density at radius 1 is 1.02 bits per heavy atom. The zero-order valence-electron chi connectivity index (χ0n) is 28.9. The first-order chi connectivity index (χ1) is 24.1. The Labute approximate surface area is 292 Å². The molecule has 9 rings (SSSR count). The van der Waals surface area contributed by atoms with Crippen LogP contribution in [0.5, 0.6) is 5.75 Å². The summed E-state index contributed by atoms with van der Waals surface area (Å²) in [6.07, 6.45) is 15.4. The van der Waals surface area contributed by atoms with E-state index in [0.717, 1.165) is 77.8 Å². The Morgan fingerprint density at radius 2 is 1.78 bits per heavy atom. The summed E-state index contributed by atoms with van der Waals surface area (Å²) in [6.45, 7) is 2.18. The van der Waals surface area contributed by atoms with E-state index < -0.39 is 15.9 Å². The topological polar surface area (TPSA) is 119 Å². The summed E-state index contributed by atoms with van der Waals surface area (Å²) in [7, 11) is 1.34. The third-order valence-electron chi connectivity index (χ3n) is 12.1. The van der Waals surface area contributed by atoms with Crippen LogP contribution in [0.1, 0.15) is 74.5 Å². The number of benzene rings is 1. The monoisotopic (exact) mass is 696 g/mol. The number of piperazine rings is 1. The molecule has 262 valence electrons. The first-order valence-electron chi connectivity index (χ1n) is 18.0. The summed E-state index contributed by atoms with van der Waals surface area (Å²) in [6, 6.07) is 6.94. The fourth-order valence-corrected chi connectivity index (χ4v) is 10.9. The highest BCUT2D eigenvalue weighted by Crippen LogP contribution is 2.55. The highest BCUT2D eigenvalue weighted by atomic mass is 32.2. The molecule has 2 bridgehead atoms. The van der Waals surface area contributed by atoms with Crippen molar-refractivity contribution in [3.63, 3.8) is 0 Å². The van der Waals surface area contributed by atoms with Gasteiger partial charge in [-0.05, 0) is 79.5 Å². The number of hydrogen-bond acceptors (Lipinski definition) is 7. The smallest absolute Gasteiger partial charge is 0.283 e. The van der Waals surface area contributed by atoms with Crippen LogP contribution in [-0.4, -0.2) is 83.5 Å². The van der Waals surface area contributed by atoms with Gasteiger partial charge in [-0.3, -0.25) is 9.59 Å². The average Bonchev–Trinajstić information content (AvgIpc) is 3.29. The number of aromatic nitrogens is 3. The van der Waals surface area contributed by atoms with E-state index in [0.29, 0.717) is 24.5 Å². The molecule has 3 aromatic rings. The Morgan fingerprint density at radius 3 is 2.48 bits per heavy atom. The van der Waals surface area contributed by atoms with Crippen LogP contribution in [0.4, 0.5) is 0 Å². The van der Waals surface area contributed by atoms with Crippen molar-refractivity contribution in [3.8, 4) is 5.75 Å². The number of sulfonamides is 1. The zero-order chi connectivity index (χ0) is 34.5. The van der Waals surface area contributed by atoms with Crippen LogP contribution < -0.4 is 9.46 Å². The predicted molar refractivity (Wildman–Crippen MR) is 188 cm³/mol. The Balaban J connectivity index is 1.19. The number of nitrogens with zero attached hydrogens (tertiary/aromatic N) is 5. The summed E-state index contributed by atoms with van der Waals surface area (Å²) in [5.74, 6) is 0.0886. The third-order valence-corrected chi connectivity index (χ3v) is 13.3. The Kier molecular flexibility index (Phi) is 7.44. The first-order valence-corrected chi connectivity index (χ1v) is 19.5. The van der Waals surface area contributed by atoms with E-state index in [-0.39, 0.29) is 34.9 Å². The van der Waals surface area contributed by atoms with E-state index in [1.54, 1.807) is 14.2 Å². The van der Waals surface area contributed by atoms with Gasteiger partial charge in [-0.2, -0.15) is 8.42 Å². The molecule has 6 aliphatic rings. The number of aryl methyl sites for hydroxylation is 1. The third kappa shape index (κ3) is 4.92. The van der Waals surface area contributed by atoms with E-state index in [9.17, 15) is 18.0 Å². The largest absolute Gasteiger partial charge is 0.496 e. The van der Waals surface area contributed by atoms with Crippen molar-refractivity contribution in [2.75, 3.05) is 27.2 Å². The van der Waals surface area contributed by atoms with Gasteiger partial charge in [0.15, 0.2) is 5.03 Å². The number of carbonyl (C=O) groups excluding carboxylic acids is 2. The summed E-state index contributed by atoms with van der Waals surface area (Å²) in [5, 5.41) is 0.821. The number of amides is 2. The fourth-order valence-electron chi connectivity index (χ4n) is 9.93. The molecule has 5 heterocycles. The van der Waals surface area contributed by atoms with Crippen LogP contribution >= 0.6 is 0 Å². The molecule has 4 atom stereocenters. The highest BCUT2D eigenvalue weighted by molar-refractivity contribution is 7.90. The van der Waals surface area contributed by atoms with Gasteiger partial charge in [0.25, 0.3) is 15.9 Å². The second kappa shape index (κ2) is 11.7. The molecule has 2 saturated heterocycles. The number of likely N-dealkylation sites (N-methyl/N-ethyl adjacent to an activating group) is 1. The van der Waals surface area contributed by atoms with Gasteiger partial charge in [0.05, 0.1) is 30.4 Å². The lowest BCUT2D eigenvalue weighted by Crippen LogP contribution is -2.56. The number of hydrogen-bond donors (Lipinski definition) is 1. The second-order valence-electron chi connectivity index (χ2n) is 15.2. The van der Waals surface area contributed by atoms with Gasteiger partial charge in [0.2, 0.25) is 5.91 Å². The fraction of sp³-hybridized carbons (Fsp3) is 0.500. The molecule has 3 fully saturated rings. The molecule has 0 radical (unpaired) electrons. The van der Waals surface area contributed by atoms with E-state index in [1.807, 2.05) is 0 Å². The number of fused-ring (bicyclic) bond motifs is 8. The molecule has 1 aromatic carbocycles. The number of nitrogens with one attached hydrogen (secondary N) is 1. The molecule has 3 aliphatic carbocycles. The van der Waals surface area contributed by atoms with Gasteiger partial charge in [-0.25, -0.2) is 9.71 Å². The molecule has 1 saturated carbocycles. The molecule has 0 spiro atoms. The molecular formula is C38H44N6O5S. The molecule has 2 amide bonds. The molecule has 2 aromatic heterocycles. The Hall–Kier alpha value is -4.16. The van der Waals surface area contributed by atoms with Crippen LogP contribution in [0.15, 0.2) is 70.2 Å². The van der Waals surface area contributed by atoms with Gasteiger partial charge in [-0.1, -0.05) is 37.5 Å². The lowest BCUT2D eigenvalue weighted by atomic mass is 9.75. The van der Waals surface area contributed by atoms with Crippen LogP contribution in [0.2, 0.25) is 0 Å². The molecule has 3 unspecified atom stereocenters. The van der Waals surface area contributed by atoms with Crippen LogP contribution in [0, 0.1) is 5.92 Å². The number of ether oxygens (including phenoxy) is 1. The standard InChI is InChI=1S/C38H44N6O5S/c1-41-17-23-12-13-24(18-41)44(23)38(46)27-11-7-10-26-33(27)30-16-28-31(49-3)15-14-25(22-8-5-4-6-9-22)36(28)43(30)19-29-34(26)35(29)37(45)40-50(47,48)32-20-42(2)21-39-32/h7,10,14-16,20-24,27,33H,4-6,8-9,11-13,17-19H2,1-3H3,(H,40,45)/t23?,24?,27-,33?/m1/s1. The highest BCUT2D eigenvalue weighted by Gasteiger charge is 2.50. The molecule has 50 heavy (non-hydrogen) atoms. The van der Waals surface area contributed by atoms with E-state index in [1.165, 1.54) is 41.9 Å². The van der Waals surface area contributed by atoms with Crippen molar-refractivity contribution in [3.05, 3.63) is 76.4 Å². The van der Waals surface area contributed by atoms with E-state index in [2.05, 4.69) is 61.5 Å². The van der Waals surface area contributed by atoms with Crippen molar-refractivity contribution in [1.82, 2.24) is 28.6 Å². The van der Waals surface area contributed by atoms with E-state index >= 15 is 0 Å². The first kappa shape index (κ1) is 31.8. The number of allylic oxidation sites excluding steroid dienone is 4. The molecule has 3 aliphatic heterocycles. The SMILES string of the molecule is COc1ccc(C2CCCCC2)c2c1cc1n2CC2=C(C(=O)NS(=O)(=O)c3cn(C)cn3)C2=C2C=CC[C@@H](C(=O)N3C4CCC3CN(C)C4)C21.